The molecular formula is C14H10N4O3S. The Balaban J connectivity index is 1.98. The average Bonchev–Trinajstić information content (AvgIpc) is 2.95. The number of benzene rings is 1. The van der Waals surface area contributed by atoms with Gasteiger partial charge < -0.3 is 10.7 Å². The summed E-state index contributed by atoms with van der Waals surface area (Å²) in [4.78, 5) is 41.8. The highest BCUT2D eigenvalue weighted by Crippen LogP contribution is 2.20. The van der Waals surface area contributed by atoms with Gasteiger partial charge in [0.25, 0.3) is 11.8 Å². The van der Waals surface area contributed by atoms with Crippen LogP contribution in [0.5, 0.6) is 0 Å². The number of aromatic nitrogens is 2. The maximum atomic E-state index is 12.3. The highest BCUT2D eigenvalue weighted by Gasteiger charge is 2.14. The van der Waals surface area contributed by atoms with Gasteiger partial charge in [-0.25, -0.2) is 4.98 Å². The number of H-pyrrole nitrogens is 1. The van der Waals surface area contributed by atoms with E-state index in [1.165, 1.54) is 12.3 Å². The molecule has 3 rings (SSSR count). The van der Waals surface area contributed by atoms with E-state index in [4.69, 9.17) is 5.73 Å². The number of carbonyl (C=O) groups is 2. The first kappa shape index (κ1) is 14.0. The van der Waals surface area contributed by atoms with Crippen molar-refractivity contribution in [3.05, 3.63) is 57.3 Å². The number of anilines is 1. The van der Waals surface area contributed by atoms with E-state index in [1.54, 1.807) is 24.3 Å². The van der Waals surface area contributed by atoms with Gasteiger partial charge >= 0.3 is 0 Å². The number of thiazole rings is 1. The summed E-state index contributed by atoms with van der Waals surface area (Å²) in [5.41, 5.74) is 5.56. The quantitative estimate of drug-likeness (QED) is 0.676. The molecule has 4 N–H and O–H groups in total. The molecular weight excluding hydrogens is 304 g/mol. The standard InChI is InChI=1S/C14H10N4O3S/c15-12(20)10-6-16-14(22-10)18-13(21)8-5-11(19)17-9-4-2-1-3-7(8)9/h1-6H,(H2,15,20)(H,17,19)(H,16,18,21). The van der Waals surface area contributed by atoms with Crippen LogP contribution in [0.25, 0.3) is 10.9 Å². The number of hydrogen-bond donors (Lipinski definition) is 3. The number of amides is 2. The monoisotopic (exact) mass is 314 g/mol. The predicted molar refractivity (Wildman–Crippen MR) is 83.2 cm³/mol. The Morgan fingerprint density at radius 2 is 2.05 bits per heavy atom. The molecule has 3 aromatic rings. The second kappa shape index (κ2) is 5.41. The van der Waals surface area contributed by atoms with Crippen LogP contribution in [0.15, 0.2) is 41.3 Å². The van der Waals surface area contributed by atoms with Crippen molar-refractivity contribution in [2.75, 3.05) is 5.32 Å². The first-order valence-electron chi connectivity index (χ1n) is 6.23. The van der Waals surface area contributed by atoms with Crippen molar-refractivity contribution in [1.29, 1.82) is 0 Å². The molecule has 0 bridgehead atoms. The van der Waals surface area contributed by atoms with Gasteiger partial charge in [0.1, 0.15) is 4.88 Å². The fourth-order valence-corrected chi connectivity index (χ4v) is 2.67. The third-order valence-electron chi connectivity index (χ3n) is 2.96. The predicted octanol–water partition coefficient (Wildman–Crippen LogP) is 1.34. The van der Waals surface area contributed by atoms with Crippen LogP contribution in [0, 0.1) is 0 Å². The van der Waals surface area contributed by atoms with E-state index in [0.717, 1.165) is 11.3 Å². The first-order valence-corrected chi connectivity index (χ1v) is 7.05. The van der Waals surface area contributed by atoms with Gasteiger partial charge in [-0.3, -0.25) is 19.7 Å². The van der Waals surface area contributed by atoms with Crippen molar-refractivity contribution in [1.82, 2.24) is 9.97 Å². The summed E-state index contributed by atoms with van der Waals surface area (Å²) >= 11 is 0.970. The Hall–Kier alpha value is -3.00. The largest absolute Gasteiger partial charge is 0.365 e. The van der Waals surface area contributed by atoms with E-state index in [9.17, 15) is 14.4 Å². The van der Waals surface area contributed by atoms with Gasteiger partial charge in [-0.15, -0.1) is 0 Å². The zero-order valence-corrected chi connectivity index (χ0v) is 11.9. The fourth-order valence-electron chi connectivity index (χ4n) is 2.00. The number of pyridine rings is 1. The number of carbonyl (C=O) groups excluding carboxylic acids is 2. The van der Waals surface area contributed by atoms with Crippen molar-refractivity contribution >= 4 is 39.2 Å². The van der Waals surface area contributed by atoms with Crippen molar-refractivity contribution < 1.29 is 9.59 Å². The number of hydrogen-bond acceptors (Lipinski definition) is 5. The lowest BCUT2D eigenvalue weighted by atomic mass is 10.1. The Morgan fingerprint density at radius 1 is 1.27 bits per heavy atom. The topological polar surface area (TPSA) is 118 Å². The lowest BCUT2D eigenvalue weighted by molar-refractivity contribution is 0.100. The zero-order valence-electron chi connectivity index (χ0n) is 11.1. The average molecular weight is 314 g/mol. The van der Waals surface area contributed by atoms with Crippen molar-refractivity contribution in [2.24, 2.45) is 5.73 Å². The van der Waals surface area contributed by atoms with Gasteiger partial charge in [0.15, 0.2) is 5.13 Å². The molecule has 1 aromatic carbocycles. The zero-order chi connectivity index (χ0) is 15.7. The maximum absolute atomic E-state index is 12.3. The molecule has 0 unspecified atom stereocenters. The van der Waals surface area contributed by atoms with E-state index >= 15 is 0 Å². The van der Waals surface area contributed by atoms with Gasteiger partial charge in [-0.2, -0.15) is 0 Å². The molecule has 0 saturated carbocycles. The normalized spacial score (nSPS) is 10.5. The number of rotatable bonds is 3. The van der Waals surface area contributed by atoms with Gasteiger partial charge in [0.05, 0.1) is 11.8 Å². The fraction of sp³-hybridized carbons (Fsp3) is 0. The smallest absolute Gasteiger partial charge is 0.260 e. The molecule has 0 aliphatic carbocycles. The molecule has 110 valence electrons. The minimum atomic E-state index is -0.611. The maximum Gasteiger partial charge on any atom is 0.260 e. The van der Waals surface area contributed by atoms with Crippen molar-refractivity contribution in [2.45, 2.75) is 0 Å². The highest BCUT2D eigenvalue weighted by atomic mass is 32.1. The molecule has 2 heterocycles. The van der Waals surface area contributed by atoms with E-state index in [0.29, 0.717) is 10.9 Å². The van der Waals surface area contributed by atoms with Crippen LogP contribution in [0.4, 0.5) is 5.13 Å². The van der Waals surface area contributed by atoms with Crippen LogP contribution >= 0.6 is 11.3 Å². The molecule has 0 aliphatic heterocycles. The molecule has 0 fully saturated rings. The van der Waals surface area contributed by atoms with Gasteiger partial charge in [0.2, 0.25) is 5.56 Å². The molecule has 7 nitrogen and oxygen atoms in total. The Bertz CT molecular complexity index is 944. The van der Waals surface area contributed by atoms with Gasteiger partial charge in [-0.1, -0.05) is 29.5 Å². The molecule has 0 atom stereocenters. The SMILES string of the molecule is NC(=O)c1cnc(NC(=O)c2cc(=O)[nH]c3ccccc23)s1. The van der Waals surface area contributed by atoms with Crippen LogP contribution in [0.1, 0.15) is 20.0 Å². The Morgan fingerprint density at radius 3 is 2.77 bits per heavy atom. The van der Waals surface area contributed by atoms with E-state index < -0.39 is 11.8 Å². The molecule has 2 amide bonds. The Kier molecular flexibility index (Phi) is 3.43. The van der Waals surface area contributed by atoms with Crippen LogP contribution < -0.4 is 16.6 Å². The summed E-state index contributed by atoms with van der Waals surface area (Å²) in [5.74, 6) is -1.09. The van der Waals surface area contributed by atoms with E-state index in [2.05, 4.69) is 15.3 Å². The van der Waals surface area contributed by atoms with Crippen LogP contribution in [-0.4, -0.2) is 21.8 Å². The van der Waals surface area contributed by atoms with E-state index in [-0.39, 0.29) is 21.1 Å². The summed E-state index contributed by atoms with van der Waals surface area (Å²) < 4.78 is 0. The molecule has 0 aliphatic rings. The molecule has 0 radical (unpaired) electrons. The number of nitrogens with one attached hydrogen (secondary N) is 2. The molecule has 0 saturated heterocycles. The minimum absolute atomic E-state index is 0.232. The number of aromatic amines is 1. The summed E-state index contributed by atoms with van der Waals surface area (Å²) in [6.07, 6.45) is 1.29. The van der Waals surface area contributed by atoms with Crippen LogP contribution in [-0.2, 0) is 0 Å². The summed E-state index contributed by atoms with van der Waals surface area (Å²) in [7, 11) is 0. The third-order valence-corrected chi connectivity index (χ3v) is 3.89. The number of nitrogens with zero attached hydrogens (tertiary/aromatic N) is 1. The van der Waals surface area contributed by atoms with Gasteiger partial charge in [0, 0.05) is 17.0 Å². The highest BCUT2D eigenvalue weighted by molar-refractivity contribution is 7.17. The van der Waals surface area contributed by atoms with Crippen molar-refractivity contribution in [3.8, 4) is 0 Å². The summed E-state index contributed by atoms with van der Waals surface area (Å²) in [6, 6.07) is 8.20. The lowest BCUT2D eigenvalue weighted by Gasteiger charge is -2.05. The molecule has 22 heavy (non-hydrogen) atoms. The van der Waals surface area contributed by atoms with Crippen LogP contribution in [0.3, 0.4) is 0 Å². The summed E-state index contributed by atoms with van der Waals surface area (Å²) in [6.45, 7) is 0. The second-order valence-electron chi connectivity index (χ2n) is 4.44. The van der Waals surface area contributed by atoms with E-state index in [1.807, 2.05) is 0 Å². The minimum Gasteiger partial charge on any atom is -0.365 e. The lowest BCUT2D eigenvalue weighted by Crippen LogP contribution is -2.16. The Labute approximate surface area is 127 Å². The number of nitrogens with two attached hydrogens (primary N) is 1. The number of fused-ring (bicyclic) bond motifs is 1. The summed E-state index contributed by atoms with van der Waals surface area (Å²) in [5, 5.41) is 3.42. The molecule has 8 heteroatoms. The molecule has 2 aromatic heterocycles. The molecule has 0 spiro atoms. The van der Waals surface area contributed by atoms with Gasteiger partial charge in [-0.05, 0) is 6.07 Å². The van der Waals surface area contributed by atoms with Crippen molar-refractivity contribution in [3.63, 3.8) is 0 Å². The number of para-hydroxylation sites is 1. The number of primary amides is 1. The third kappa shape index (κ3) is 2.59. The second-order valence-corrected chi connectivity index (χ2v) is 5.47. The van der Waals surface area contributed by atoms with Crippen LogP contribution in [0.2, 0.25) is 0 Å². The first-order chi connectivity index (χ1) is 10.5.